The largest absolute Gasteiger partial charge is 0.362 e. The fourth-order valence-corrected chi connectivity index (χ4v) is 3.99. The summed E-state index contributed by atoms with van der Waals surface area (Å²) in [6.07, 6.45) is 0. The highest BCUT2D eigenvalue weighted by Gasteiger charge is 2.20. The van der Waals surface area contributed by atoms with Gasteiger partial charge < -0.3 is 5.32 Å². The average Bonchev–Trinajstić information content (AvgIpc) is 2.72. The van der Waals surface area contributed by atoms with Gasteiger partial charge in [-0.25, -0.2) is 4.98 Å². The van der Waals surface area contributed by atoms with E-state index in [0.29, 0.717) is 0 Å². The highest BCUT2D eigenvalue weighted by molar-refractivity contribution is 7.98. The molecule has 1 aliphatic heterocycles. The third-order valence-electron chi connectivity index (χ3n) is 2.53. The molecule has 0 aliphatic carbocycles. The number of rotatable bonds is 2. The van der Waals surface area contributed by atoms with E-state index in [9.17, 15) is 0 Å². The molecule has 0 saturated heterocycles. The number of thioether (sulfide) groups is 1. The van der Waals surface area contributed by atoms with Crippen molar-refractivity contribution in [3.63, 3.8) is 0 Å². The SMILES string of the molecule is CCNc1nc2c(s1)CSc1ccccc1-2. The van der Waals surface area contributed by atoms with Gasteiger partial charge in [-0.1, -0.05) is 18.2 Å². The van der Waals surface area contributed by atoms with Crippen molar-refractivity contribution in [2.75, 3.05) is 11.9 Å². The molecule has 0 atom stereocenters. The first-order chi connectivity index (χ1) is 7.88. The highest BCUT2D eigenvalue weighted by atomic mass is 32.2. The Morgan fingerprint density at radius 3 is 3.12 bits per heavy atom. The number of aromatic nitrogens is 1. The van der Waals surface area contributed by atoms with Crippen LogP contribution in [0.4, 0.5) is 5.13 Å². The zero-order valence-corrected chi connectivity index (χ0v) is 10.6. The predicted molar refractivity (Wildman–Crippen MR) is 71.3 cm³/mol. The summed E-state index contributed by atoms with van der Waals surface area (Å²) < 4.78 is 0. The standard InChI is InChI=1S/C12H12N2S2/c1-2-13-12-14-11-8-5-3-4-6-9(8)15-7-10(11)16-12/h3-6H,2,7H2,1H3,(H,13,14). The zero-order chi connectivity index (χ0) is 11.0. The third kappa shape index (κ3) is 1.62. The number of fused-ring (bicyclic) bond motifs is 3. The van der Waals surface area contributed by atoms with Crippen LogP contribution in [0.15, 0.2) is 29.2 Å². The lowest BCUT2D eigenvalue weighted by Gasteiger charge is -2.13. The number of nitrogens with zero attached hydrogens (tertiary/aromatic N) is 1. The van der Waals surface area contributed by atoms with Crippen molar-refractivity contribution in [3.05, 3.63) is 29.1 Å². The van der Waals surface area contributed by atoms with E-state index in [1.807, 2.05) is 11.8 Å². The Balaban J connectivity index is 2.09. The van der Waals surface area contributed by atoms with Crippen LogP contribution in [0.3, 0.4) is 0 Å². The number of nitrogens with one attached hydrogen (secondary N) is 1. The fourth-order valence-electron chi connectivity index (χ4n) is 1.82. The normalized spacial score (nSPS) is 13.1. The monoisotopic (exact) mass is 248 g/mol. The van der Waals surface area contributed by atoms with E-state index in [4.69, 9.17) is 0 Å². The average molecular weight is 248 g/mol. The summed E-state index contributed by atoms with van der Waals surface area (Å²) in [6.45, 7) is 3.03. The summed E-state index contributed by atoms with van der Waals surface area (Å²) in [6, 6.07) is 8.51. The van der Waals surface area contributed by atoms with Crippen LogP contribution in [-0.4, -0.2) is 11.5 Å². The Morgan fingerprint density at radius 2 is 2.25 bits per heavy atom. The molecule has 4 heteroatoms. The summed E-state index contributed by atoms with van der Waals surface area (Å²) in [5, 5.41) is 4.34. The third-order valence-corrected chi connectivity index (χ3v) is 4.82. The van der Waals surface area contributed by atoms with Crippen LogP contribution in [0.1, 0.15) is 11.8 Å². The molecule has 3 rings (SSSR count). The van der Waals surface area contributed by atoms with E-state index >= 15 is 0 Å². The lowest BCUT2D eigenvalue weighted by molar-refractivity contribution is 1.18. The van der Waals surface area contributed by atoms with Gasteiger partial charge in [0.1, 0.15) is 0 Å². The Hall–Kier alpha value is -1.00. The number of thiazole rings is 1. The van der Waals surface area contributed by atoms with Crippen LogP contribution < -0.4 is 5.32 Å². The predicted octanol–water partition coefficient (Wildman–Crippen LogP) is 3.85. The first-order valence-corrected chi connectivity index (χ1v) is 7.14. The van der Waals surface area contributed by atoms with Gasteiger partial charge in [0.25, 0.3) is 0 Å². The van der Waals surface area contributed by atoms with E-state index in [0.717, 1.165) is 17.4 Å². The van der Waals surface area contributed by atoms with Gasteiger partial charge in [0.05, 0.1) is 5.69 Å². The van der Waals surface area contributed by atoms with Crippen LogP contribution in [0.25, 0.3) is 11.3 Å². The second-order valence-corrected chi connectivity index (χ2v) is 5.71. The molecule has 16 heavy (non-hydrogen) atoms. The molecule has 0 spiro atoms. The van der Waals surface area contributed by atoms with Gasteiger partial charge in [-0.05, 0) is 13.0 Å². The molecule has 82 valence electrons. The lowest BCUT2D eigenvalue weighted by Crippen LogP contribution is -1.95. The molecular formula is C12H12N2S2. The van der Waals surface area contributed by atoms with E-state index < -0.39 is 0 Å². The molecule has 2 heterocycles. The van der Waals surface area contributed by atoms with Crippen molar-refractivity contribution in [2.24, 2.45) is 0 Å². The van der Waals surface area contributed by atoms with E-state index in [2.05, 4.69) is 41.5 Å². The maximum atomic E-state index is 4.68. The molecule has 1 N–H and O–H groups in total. The molecule has 0 unspecified atom stereocenters. The first kappa shape index (κ1) is 10.2. The Kier molecular flexibility index (Phi) is 2.61. The van der Waals surface area contributed by atoms with E-state index in [-0.39, 0.29) is 0 Å². The van der Waals surface area contributed by atoms with Crippen LogP contribution in [0.2, 0.25) is 0 Å². The topological polar surface area (TPSA) is 24.9 Å². The molecule has 0 fully saturated rings. The van der Waals surface area contributed by atoms with Gasteiger partial charge in [-0.2, -0.15) is 0 Å². The van der Waals surface area contributed by atoms with E-state index in [1.54, 1.807) is 11.3 Å². The first-order valence-electron chi connectivity index (χ1n) is 5.34. The van der Waals surface area contributed by atoms with E-state index in [1.165, 1.54) is 21.0 Å². The molecule has 0 radical (unpaired) electrons. The van der Waals surface area contributed by atoms with Crippen molar-refractivity contribution in [1.82, 2.24) is 4.98 Å². The quantitative estimate of drug-likeness (QED) is 0.874. The van der Waals surface area contributed by atoms with Crippen LogP contribution in [0, 0.1) is 0 Å². The van der Waals surface area contributed by atoms with Crippen molar-refractivity contribution >= 4 is 28.2 Å². The van der Waals surface area contributed by atoms with Gasteiger partial charge in [0, 0.05) is 27.6 Å². The van der Waals surface area contributed by atoms with Gasteiger partial charge >= 0.3 is 0 Å². The minimum absolute atomic E-state index is 0.932. The summed E-state index contributed by atoms with van der Waals surface area (Å²) >= 11 is 3.69. The summed E-state index contributed by atoms with van der Waals surface area (Å²) in [5.41, 5.74) is 2.46. The molecule has 1 aliphatic rings. The second kappa shape index (κ2) is 4.11. The van der Waals surface area contributed by atoms with Crippen LogP contribution >= 0.6 is 23.1 Å². The number of benzene rings is 1. The van der Waals surface area contributed by atoms with Crippen molar-refractivity contribution in [2.45, 2.75) is 17.6 Å². The lowest BCUT2D eigenvalue weighted by atomic mass is 10.1. The smallest absolute Gasteiger partial charge is 0.183 e. The molecule has 0 bridgehead atoms. The van der Waals surface area contributed by atoms with Crippen LogP contribution in [0.5, 0.6) is 0 Å². The number of anilines is 1. The molecule has 1 aromatic heterocycles. The summed E-state index contributed by atoms with van der Waals surface area (Å²) in [7, 11) is 0. The van der Waals surface area contributed by atoms with Crippen molar-refractivity contribution in [3.8, 4) is 11.3 Å². The highest BCUT2D eigenvalue weighted by Crippen LogP contribution is 2.44. The molecule has 2 nitrogen and oxygen atoms in total. The maximum absolute atomic E-state index is 4.68. The Labute approximate surface area is 103 Å². The molecule has 1 aromatic carbocycles. The van der Waals surface area contributed by atoms with Crippen molar-refractivity contribution in [1.29, 1.82) is 0 Å². The Morgan fingerprint density at radius 1 is 1.38 bits per heavy atom. The Bertz CT molecular complexity index is 519. The minimum atomic E-state index is 0.932. The maximum Gasteiger partial charge on any atom is 0.183 e. The molecular weight excluding hydrogens is 236 g/mol. The van der Waals surface area contributed by atoms with Crippen molar-refractivity contribution < 1.29 is 0 Å². The fraction of sp³-hybridized carbons (Fsp3) is 0.250. The van der Waals surface area contributed by atoms with Gasteiger partial charge in [-0.3, -0.25) is 0 Å². The zero-order valence-electron chi connectivity index (χ0n) is 8.99. The minimum Gasteiger partial charge on any atom is -0.362 e. The van der Waals surface area contributed by atoms with Gasteiger partial charge in [0.2, 0.25) is 0 Å². The second-order valence-electron chi connectivity index (χ2n) is 3.61. The number of hydrogen-bond donors (Lipinski definition) is 1. The van der Waals surface area contributed by atoms with Gasteiger partial charge in [-0.15, -0.1) is 23.1 Å². The summed E-state index contributed by atoms with van der Waals surface area (Å²) in [5.74, 6) is 1.05. The molecule has 2 aromatic rings. The molecule has 0 amide bonds. The number of hydrogen-bond acceptors (Lipinski definition) is 4. The summed E-state index contributed by atoms with van der Waals surface area (Å²) in [4.78, 5) is 7.41. The van der Waals surface area contributed by atoms with Crippen LogP contribution in [-0.2, 0) is 5.75 Å². The molecule has 0 saturated carbocycles. The van der Waals surface area contributed by atoms with Gasteiger partial charge in [0.15, 0.2) is 5.13 Å².